The molecule has 0 fully saturated rings. The molecule has 0 spiro atoms. The van der Waals surface area contributed by atoms with Gasteiger partial charge in [0, 0.05) is 24.8 Å². The predicted molar refractivity (Wildman–Crippen MR) is 102 cm³/mol. The Balaban J connectivity index is 2.18. The van der Waals surface area contributed by atoms with E-state index in [0.717, 1.165) is 11.3 Å². The quantitative estimate of drug-likeness (QED) is 0.798. The number of ether oxygens (including phenoxy) is 1. The number of anilines is 2. The number of rotatable bonds is 6. The van der Waals surface area contributed by atoms with Crippen LogP contribution in [0.4, 0.5) is 21.0 Å². The average Bonchev–Trinajstić information content (AvgIpc) is 2.62. The number of benzene rings is 2. The van der Waals surface area contributed by atoms with Crippen LogP contribution in [0.1, 0.15) is 25.8 Å². The zero-order valence-electron chi connectivity index (χ0n) is 15.3. The second-order valence-electron chi connectivity index (χ2n) is 5.88. The van der Waals surface area contributed by atoms with Crippen LogP contribution in [0.2, 0.25) is 0 Å². The van der Waals surface area contributed by atoms with Crippen LogP contribution in [-0.4, -0.2) is 30.4 Å². The summed E-state index contributed by atoms with van der Waals surface area (Å²) in [5.74, 6) is 0.306. The Hall–Kier alpha value is -3.02. The Morgan fingerprint density at radius 2 is 1.69 bits per heavy atom. The molecule has 0 aliphatic rings. The second kappa shape index (κ2) is 8.89. The molecule has 0 bridgehead atoms. The zero-order chi connectivity index (χ0) is 19.1. The Labute approximate surface area is 153 Å². The van der Waals surface area contributed by atoms with Gasteiger partial charge in [-0.1, -0.05) is 30.7 Å². The normalized spacial score (nSPS) is 10.3. The molecule has 138 valence electrons. The van der Waals surface area contributed by atoms with E-state index in [4.69, 9.17) is 4.74 Å². The fraction of sp³-hybridized carbons (Fsp3) is 0.300. The van der Waals surface area contributed by atoms with Crippen molar-refractivity contribution in [3.63, 3.8) is 0 Å². The Kier molecular flexibility index (Phi) is 6.60. The monoisotopic (exact) mass is 356 g/mol. The standard InChI is InChI=1S/C20H24N2O4/c1-4-13-22(19(23)24)17-7-6-8-18(14-17)26-20(25)21(5-2)16-11-9-15(3)10-12-16/h6-12,14H,4-5,13H2,1-3H3,(H,23,24). The predicted octanol–water partition coefficient (Wildman–Crippen LogP) is 4.91. The molecule has 2 aromatic rings. The molecule has 26 heavy (non-hydrogen) atoms. The number of hydrogen-bond acceptors (Lipinski definition) is 3. The Morgan fingerprint density at radius 1 is 1.00 bits per heavy atom. The Bertz CT molecular complexity index is 759. The van der Waals surface area contributed by atoms with Gasteiger partial charge in [-0.25, -0.2) is 9.59 Å². The molecule has 1 N–H and O–H groups in total. The number of hydrogen-bond donors (Lipinski definition) is 1. The van der Waals surface area contributed by atoms with Crippen molar-refractivity contribution >= 4 is 23.6 Å². The molecule has 2 amide bonds. The number of carbonyl (C=O) groups excluding carboxylic acids is 1. The molecule has 2 rings (SSSR count). The maximum absolute atomic E-state index is 12.5. The van der Waals surface area contributed by atoms with Gasteiger partial charge in [0.15, 0.2) is 0 Å². The van der Waals surface area contributed by atoms with E-state index in [-0.39, 0.29) is 0 Å². The fourth-order valence-electron chi connectivity index (χ4n) is 2.57. The van der Waals surface area contributed by atoms with Crippen molar-refractivity contribution in [2.75, 3.05) is 22.9 Å². The average molecular weight is 356 g/mol. The van der Waals surface area contributed by atoms with Gasteiger partial charge in [-0.3, -0.25) is 9.80 Å². The second-order valence-corrected chi connectivity index (χ2v) is 5.88. The van der Waals surface area contributed by atoms with Crippen molar-refractivity contribution in [2.24, 2.45) is 0 Å². The minimum absolute atomic E-state index is 0.306. The van der Waals surface area contributed by atoms with E-state index in [1.807, 2.05) is 45.0 Å². The van der Waals surface area contributed by atoms with E-state index in [0.29, 0.717) is 30.9 Å². The fourth-order valence-corrected chi connectivity index (χ4v) is 2.57. The maximum Gasteiger partial charge on any atom is 0.419 e. The van der Waals surface area contributed by atoms with E-state index in [9.17, 15) is 14.7 Å². The summed E-state index contributed by atoms with van der Waals surface area (Å²) in [6, 6.07) is 14.1. The van der Waals surface area contributed by atoms with Crippen molar-refractivity contribution in [2.45, 2.75) is 27.2 Å². The molecule has 0 aromatic heterocycles. The largest absolute Gasteiger partial charge is 0.465 e. The lowest BCUT2D eigenvalue weighted by molar-refractivity contribution is 0.202. The lowest BCUT2D eigenvalue weighted by Gasteiger charge is -2.22. The van der Waals surface area contributed by atoms with Crippen molar-refractivity contribution in [1.82, 2.24) is 0 Å². The van der Waals surface area contributed by atoms with E-state index in [1.165, 1.54) is 9.80 Å². The molecule has 0 saturated carbocycles. The van der Waals surface area contributed by atoms with Gasteiger partial charge in [0.05, 0.1) is 5.69 Å². The van der Waals surface area contributed by atoms with Crippen LogP contribution >= 0.6 is 0 Å². The van der Waals surface area contributed by atoms with E-state index in [2.05, 4.69) is 0 Å². The molecule has 2 aromatic carbocycles. The summed E-state index contributed by atoms with van der Waals surface area (Å²) in [5, 5.41) is 9.34. The highest BCUT2D eigenvalue weighted by atomic mass is 16.6. The molecule has 0 saturated heterocycles. The van der Waals surface area contributed by atoms with Gasteiger partial charge in [-0.15, -0.1) is 0 Å². The van der Waals surface area contributed by atoms with Gasteiger partial charge < -0.3 is 9.84 Å². The topological polar surface area (TPSA) is 70.1 Å². The third kappa shape index (κ3) is 4.75. The van der Waals surface area contributed by atoms with Gasteiger partial charge in [-0.2, -0.15) is 0 Å². The first-order valence-corrected chi connectivity index (χ1v) is 8.62. The smallest absolute Gasteiger partial charge is 0.419 e. The van der Waals surface area contributed by atoms with Crippen molar-refractivity contribution in [3.05, 3.63) is 54.1 Å². The van der Waals surface area contributed by atoms with Crippen LogP contribution < -0.4 is 14.5 Å². The maximum atomic E-state index is 12.5. The number of amides is 2. The number of carboxylic acid groups (broad SMARTS) is 1. The van der Waals surface area contributed by atoms with Crippen LogP contribution in [0.3, 0.4) is 0 Å². The molecule has 0 unspecified atom stereocenters. The van der Waals surface area contributed by atoms with Gasteiger partial charge in [-0.05, 0) is 44.5 Å². The summed E-state index contributed by atoms with van der Waals surface area (Å²) in [4.78, 5) is 26.7. The molecule has 0 aliphatic heterocycles. The lowest BCUT2D eigenvalue weighted by Crippen LogP contribution is -2.33. The number of carbonyl (C=O) groups is 2. The van der Waals surface area contributed by atoms with E-state index >= 15 is 0 Å². The summed E-state index contributed by atoms with van der Waals surface area (Å²) in [5.41, 5.74) is 2.33. The van der Waals surface area contributed by atoms with Crippen LogP contribution in [0.25, 0.3) is 0 Å². The molecule has 0 heterocycles. The summed E-state index contributed by atoms with van der Waals surface area (Å²) in [6.45, 7) is 6.58. The number of aryl methyl sites for hydroxylation is 1. The minimum Gasteiger partial charge on any atom is -0.465 e. The minimum atomic E-state index is -1.04. The van der Waals surface area contributed by atoms with Crippen molar-refractivity contribution < 1.29 is 19.4 Å². The van der Waals surface area contributed by atoms with Gasteiger partial charge in [0.1, 0.15) is 5.75 Å². The molecule has 0 aliphatic carbocycles. The highest BCUT2D eigenvalue weighted by molar-refractivity contribution is 5.90. The molecule has 0 atom stereocenters. The third-order valence-electron chi connectivity index (χ3n) is 3.89. The SMILES string of the molecule is CCCN(C(=O)O)c1cccc(OC(=O)N(CC)c2ccc(C)cc2)c1. The first kappa shape index (κ1) is 19.3. The van der Waals surface area contributed by atoms with Gasteiger partial charge in [0.25, 0.3) is 0 Å². The van der Waals surface area contributed by atoms with Crippen LogP contribution in [0.15, 0.2) is 48.5 Å². The summed E-state index contributed by atoms with van der Waals surface area (Å²) in [7, 11) is 0. The Morgan fingerprint density at radius 3 is 2.27 bits per heavy atom. The molecular weight excluding hydrogens is 332 g/mol. The molecule has 6 nitrogen and oxygen atoms in total. The highest BCUT2D eigenvalue weighted by Crippen LogP contribution is 2.23. The van der Waals surface area contributed by atoms with Gasteiger partial charge in [0.2, 0.25) is 0 Å². The molecular formula is C20H24N2O4. The van der Waals surface area contributed by atoms with Crippen molar-refractivity contribution in [1.29, 1.82) is 0 Å². The lowest BCUT2D eigenvalue weighted by atomic mass is 10.2. The van der Waals surface area contributed by atoms with Crippen LogP contribution in [0, 0.1) is 6.92 Å². The zero-order valence-corrected chi connectivity index (χ0v) is 15.3. The van der Waals surface area contributed by atoms with Crippen LogP contribution in [-0.2, 0) is 0 Å². The van der Waals surface area contributed by atoms with Gasteiger partial charge >= 0.3 is 12.2 Å². The van der Waals surface area contributed by atoms with E-state index < -0.39 is 12.2 Å². The third-order valence-corrected chi connectivity index (χ3v) is 3.89. The number of nitrogens with zero attached hydrogens (tertiary/aromatic N) is 2. The highest BCUT2D eigenvalue weighted by Gasteiger charge is 2.18. The summed E-state index contributed by atoms with van der Waals surface area (Å²) in [6.07, 6.45) is -0.857. The van der Waals surface area contributed by atoms with Crippen LogP contribution in [0.5, 0.6) is 5.75 Å². The summed E-state index contributed by atoms with van der Waals surface area (Å²) < 4.78 is 5.47. The molecule has 6 heteroatoms. The first-order chi connectivity index (χ1) is 12.5. The molecule has 0 radical (unpaired) electrons. The summed E-state index contributed by atoms with van der Waals surface area (Å²) >= 11 is 0. The first-order valence-electron chi connectivity index (χ1n) is 8.62. The van der Waals surface area contributed by atoms with E-state index in [1.54, 1.807) is 24.3 Å². The van der Waals surface area contributed by atoms with Crippen molar-refractivity contribution in [3.8, 4) is 5.75 Å².